The van der Waals surface area contributed by atoms with Gasteiger partial charge in [-0.2, -0.15) is 4.98 Å². The topological polar surface area (TPSA) is 75.3 Å². The first kappa shape index (κ1) is 16.5. The van der Waals surface area contributed by atoms with Gasteiger partial charge in [0.1, 0.15) is 0 Å². The highest BCUT2D eigenvalue weighted by atomic mass is 16.5. The molecule has 114 valence electrons. The van der Waals surface area contributed by atoms with Gasteiger partial charge in [0.25, 0.3) is 0 Å². The lowest BCUT2D eigenvalue weighted by Crippen LogP contribution is -2.38. The molecular weight excluding hydrogens is 254 g/mol. The van der Waals surface area contributed by atoms with Crippen molar-refractivity contribution in [1.29, 1.82) is 0 Å². The van der Waals surface area contributed by atoms with Gasteiger partial charge in [0.15, 0.2) is 11.8 Å². The SMILES string of the molecule is CCCCNC(=NC)NCCCc1nc(C(C)C)no1. The van der Waals surface area contributed by atoms with Gasteiger partial charge in [-0.1, -0.05) is 32.3 Å². The first-order valence-corrected chi connectivity index (χ1v) is 7.44. The van der Waals surface area contributed by atoms with Crippen LogP contribution in [0.5, 0.6) is 0 Å². The van der Waals surface area contributed by atoms with E-state index in [-0.39, 0.29) is 0 Å². The largest absolute Gasteiger partial charge is 0.356 e. The highest BCUT2D eigenvalue weighted by molar-refractivity contribution is 5.79. The first-order valence-electron chi connectivity index (χ1n) is 7.44. The van der Waals surface area contributed by atoms with Gasteiger partial charge in [-0.15, -0.1) is 0 Å². The van der Waals surface area contributed by atoms with Crippen molar-refractivity contribution in [3.05, 3.63) is 11.7 Å². The number of guanidine groups is 1. The van der Waals surface area contributed by atoms with Gasteiger partial charge in [0.05, 0.1) is 0 Å². The fraction of sp³-hybridized carbons (Fsp3) is 0.786. The zero-order valence-corrected chi connectivity index (χ0v) is 13.1. The van der Waals surface area contributed by atoms with E-state index in [4.69, 9.17) is 4.52 Å². The third kappa shape index (κ3) is 6.04. The monoisotopic (exact) mass is 281 g/mol. The van der Waals surface area contributed by atoms with Crippen LogP contribution in [0.2, 0.25) is 0 Å². The number of nitrogens with one attached hydrogen (secondary N) is 2. The highest BCUT2D eigenvalue weighted by Crippen LogP contribution is 2.10. The van der Waals surface area contributed by atoms with Gasteiger partial charge in [-0.3, -0.25) is 4.99 Å². The molecule has 0 aliphatic rings. The van der Waals surface area contributed by atoms with Crippen LogP contribution in [0.1, 0.15) is 57.7 Å². The number of rotatable bonds is 8. The van der Waals surface area contributed by atoms with Crippen LogP contribution in [0.15, 0.2) is 9.52 Å². The fourth-order valence-corrected chi connectivity index (χ4v) is 1.65. The Kier molecular flexibility index (Phi) is 7.69. The Bertz CT molecular complexity index is 400. The second-order valence-electron chi connectivity index (χ2n) is 5.08. The molecule has 1 aromatic rings. The maximum atomic E-state index is 5.20. The average molecular weight is 281 g/mol. The van der Waals surface area contributed by atoms with E-state index < -0.39 is 0 Å². The summed E-state index contributed by atoms with van der Waals surface area (Å²) in [5.41, 5.74) is 0. The molecule has 6 heteroatoms. The van der Waals surface area contributed by atoms with Crippen molar-refractivity contribution in [2.45, 2.75) is 52.4 Å². The molecule has 0 aliphatic carbocycles. The van der Waals surface area contributed by atoms with Gasteiger partial charge >= 0.3 is 0 Å². The number of nitrogens with zero attached hydrogens (tertiary/aromatic N) is 3. The minimum absolute atomic E-state index is 0.312. The molecule has 2 N–H and O–H groups in total. The van der Waals surface area contributed by atoms with Crippen molar-refractivity contribution in [1.82, 2.24) is 20.8 Å². The van der Waals surface area contributed by atoms with Crippen molar-refractivity contribution < 1.29 is 4.52 Å². The molecule has 0 saturated carbocycles. The molecule has 0 fully saturated rings. The number of unbranched alkanes of at least 4 members (excludes halogenated alkanes) is 1. The number of aryl methyl sites for hydroxylation is 1. The maximum absolute atomic E-state index is 5.20. The molecule has 1 aromatic heterocycles. The molecule has 0 aromatic carbocycles. The second-order valence-corrected chi connectivity index (χ2v) is 5.08. The third-order valence-corrected chi connectivity index (χ3v) is 2.91. The molecule has 0 bridgehead atoms. The molecule has 1 rings (SSSR count). The molecule has 0 atom stereocenters. The normalized spacial score (nSPS) is 11.9. The van der Waals surface area contributed by atoms with E-state index in [0.29, 0.717) is 11.8 Å². The third-order valence-electron chi connectivity index (χ3n) is 2.91. The van der Waals surface area contributed by atoms with Crippen molar-refractivity contribution in [2.24, 2.45) is 4.99 Å². The van der Waals surface area contributed by atoms with E-state index in [9.17, 15) is 0 Å². The fourth-order valence-electron chi connectivity index (χ4n) is 1.65. The summed E-state index contributed by atoms with van der Waals surface area (Å²) in [5.74, 6) is 2.66. The molecule has 0 radical (unpaired) electrons. The summed E-state index contributed by atoms with van der Waals surface area (Å²) in [6.07, 6.45) is 4.06. The molecule has 0 saturated heterocycles. The summed E-state index contributed by atoms with van der Waals surface area (Å²) in [4.78, 5) is 8.53. The summed E-state index contributed by atoms with van der Waals surface area (Å²) in [5, 5.41) is 10.5. The lowest BCUT2D eigenvalue weighted by atomic mass is 10.2. The number of hydrogen-bond acceptors (Lipinski definition) is 4. The average Bonchev–Trinajstić information content (AvgIpc) is 2.90. The van der Waals surface area contributed by atoms with Crippen LogP contribution < -0.4 is 10.6 Å². The molecule has 0 spiro atoms. The molecule has 6 nitrogen and oxygen atoms in total. The predicted molar refractivity (Wildman–Crippen MR) is 81.0 cm³/mol. The van der Waals surface area contributed by atoms with Gasteiger partial charge in [0.2, 0.25) is 5.89 Å². The quantitative estimate of drug-likeness (QED) is 0.433. The summed E-state index contributed by atoms with van der Waals surface area (Å²) >= 11 is 0. The minimum Gasteiger partial charge on any atom is -0.356 e. The Morgan fingerprint density at radius 2 is 1.95 bits per heavy atom. The van der Waals surface area contributed by atoms with E-state index in [1.807, 2.05) is 0 Å². The molecule has 20 heavy (non-hydrogen) atoms. The molecular formula is C14H27N5O. The summed E-state index contributed by atoms with van der Waals surface area (Å²) < 4.78 is 5.20. The zero-order chi connectivity index (χ0) is 14.8. The van der Waals surface area contributed by atoms with Gasteiger partial charge in [0, 0.05) is 32.5 Å². The van der Waals surface area contributed by atoms with Crippen LogP contribution in [-0.2, 0) is 6.42 Å². The highest BCUT2D eigenvalue weighted by Gasteiger charge is 2.09. The smallest absolute Gasteiger partial charge is 0.226 e. The van der Waals surface area contributed by atoms with Crippen LogP contribution in [0.3, 0.4) is 0 Å². The summed E-state index contributed by atoms with van der Waals surface area (Å²) in [6.45, 7) is 8.08. The molecule has 1 heterocycles. The minimum atomic E-state index is 0.312. The maximum Gasteiger partial charge on any atom is 0.226 e. The Labute approximate surface area is 121 Å². The van der Waals surface area contributed by atoms with E-state index in [1.165, 1.54) is 6.42 Å². The lowest BCUT2D eigenvalue weighted by molar-refractivity contribution is 0.368. The first-order chi connectivity index (χ1) is 9.67. The van der Waals surface area contributed by atoms with Crippen molar-refractivity contribution in [2.75, 3.05) is 20.1 Å². The number of aromatic nitrogens is 2. The summed E-state index contributed by atoms with van der Waals surface area (Å²) in [7, 11) is 1.79. The van der Waals surface area contributed by atoms with Crippen molar-refractivity contribution in [3.63, 3.8) is 0 Å². The van der Waals surface area contributed by atoms with E-state index in [2.05, 4.69) is 46.5 Å². The Morgan fingerprint density at radius 3 is 2.50 bits per heavy atom. The van der Waals surface area contributed by atoms with Crippen LogP contribution in [0.25, 0.3) is 0 Å². The van der Waals surface area contributed by atoms with Crippen LogP contribution in [0.4, 0.5) is 0 Å². The Morgan fingerprint density at radius 1 is 1.25 bits per heavy atom. The molecule has 0 aliphatic heterocycles. The predicted octanol–water partition coefficient (Wildman–Crippen LogP) is 2.09. The Hall–Kier alpha value is -1.59. The molecule has 0 amide bonds. The molecule has 0 unspecified atom stereocenters. The van der Waals surface area contributed by atoms with Crippen LogP contribution in [-0.4, -0.2) is 36.2 Å². The lowest BCUT2D eigenvalue weighted by Gasteiger charge is -2.10. The van der Waals surface area contributed by atoms with Crippen molar-refractivity contribution >= 4 is 5.96 Å². The second kappa shape index (κ2) is 9.34. The van der Waals surface area contributed by atoms with Gasteiger partial charge in [-0.25, -0.2) is 0 Å². The number of aliphatic imine (C=N–C) groups is 1. The van der Waals surface area contributed by atoms with Gasteiger partial charge in [-0.05, 0) is 12.8 Å². The van der Waals surface area contributed by atoms with Crippen molar-refractivity contribution in [3.8, 4) is 0 Å². The van der Waals surface area contributed by atoms with E-state index in [1.54, 1.807) is 7.05 Å². The Balaban J connectivity index is 2.19. The van der Waals surface area contributed by atoms with E-state index in [0.717, 1.165) is 44.1 Å². The van der Waals surface area contributed by atoms with Gasteiger partial charge < -0.3 is 15.2 Å². The standard InChI is InChI=1S/C14H27N5O/c1-5-6-9-16-14(15-4)17-10-7-8-12-18-13(11(2)3)19-20-12/h11H,5-10H2,1-4H3,(H2,15,16,17). The van der Waals surface area contributed by atoms with Crippen LogP contribution >= 0.6 is 0 Å². The zero-order valence-electron chi connectivity index (χ0n) is 13.1. The summed E-state index contributed by atoms with van der Waals surface area (Å²) in [6, 6.07) is 0. The van der Waals surface area contributed by atoms with Crippen LogP contribution in [0, 0.1) is 0 Å². The van der Waals surface area contributed by atoms with E-state index >= 15 is 0 Å². The number of hydrogen-bond donors (Lipinski definition) is 2.